The molecule has 2 heterocycles. The highest BCUT2D eigenvalue weighted by Crippen LogP contribution is 2.25. The van der Waals surface area contributed by atoms with E-state index in [1.165, 1.54) is 18.6 Å². The van der Waals surface area contributed by atoms with E-state index in [9.17, 15) is 13.2 Å². The molecule has 8 nitrogen and oxygen atoms in total. The lowest BCUT2D eigenvalue weighted by Gasteiger charge is -2.30. The highest BCUT2D eigenvalue weighted by atomic mass is 32.2. The molecule has 9 heteroatoms. The van der Waals surface area contributed by atoms with Gasteiger partial charge in [-0.2, -0.15) is 0 Å². The zero-order valence-electron chi connectivity index (χ0n) is 15.4. The number of carbonyl (C=O) groups excluding carboxylic acids is 1. The van der Waals surface area contributed by atoms with E-state index in [1.54, 1.807) is 6.07 Å². The van der Waals surface area contributed by atoms with Crippen LogP contribution in [0.1, 0.15) is 29.6 Å². The van der Waals surface area contributed by atoms with E-state index in [4.69, 9.17) is 9.88 Å². The molecular formula is C18H28N4O4S. The number of ether oxygens (including phenoxy) is 1. The van der Waals surface area contributed by atoms with Crippen LogP contribution in [0.3, 0.4) is 0 Å². The fraction of sp³-hybridized carbons (Fsp3) is 0.611. The van der Waals surface area contributed by atoms with Gasteiger partial charge in [-0.05, 0) is 56.5 Å². The van der Waals surface area contributed by atoms with E-state index in [0.717, 1.165) is 25.9 Å². The number of morpholine rings is 1. The second-order valence-corrected chi connectivity index (χ2v) is 8.64. The predicted molar refractivity (Wildman–Crippen MR) is 103 cm³/mol. The number of hydrogen-bond acceptors (Lipinski definition) is 6. The predicted octanol–water partition coefficient (Wildman–Crippen LogP) is 0.290. The summed E-state index contributed by atoms with van der Waals surface area (Å²) in [7, 11) is -3.88. The number of piperidine rings is 1. The van der Waals surface area contributed by atoms with Gasteiger partial charge in [0.05, 0.1) is 23.7 Å². The summed E-state index contributed by atoms with van der Waals surface area (Å²) < 4.78 is 28.8. The largest absolute Gasteiger partial charge is 0.378 e. The number of nitrogens with two attached hydrogens (primary N) is 1. The molecule has 0 aliphatic carbocycles. The molecule has 1 atom stereocenters. The maximum Gasteiger partial charge on any atom is 0.253 e. The lowest BCUT2D eigenvalue weighted by molar-refractivity contribution is 0.0949. The fourth-order valence-electron chi connectivity index (χ4n) is 3.61. The number of sulfonamides is 1. The average Bonchev–Trinajstić information content (AvgIpc) is 2.68. The fourth-order valence-corrected chi connectivity index (χ4v) is 4.15. The number of rotatable bonds is 6. The van der Waals surface area contributed by atoms with Gasteiger partial charge in [0.25, 0.3) is 5.91 Å². The van der Waals surface area contributed by atoms with Gasteiger partial charge in [-0.3, -0.25) is 4.79 Å². The van der Waals surface area contributed by atoms with Crippen molar-refractivity contribution in [3.63, 3.8) is 0 Å². The summed E-state index contributed by atoms with van der Waals surface area (Å²) in [5.41, 5.74) is 1.05. The van der Waals surface area contributed by atoms with Gasteiger partial charge < -0.3 is 20.3 Å². The van der Waals surface area contributed by atoms with Gasteiger partial charge in [0.2, 0.25) is 10.0 Å². The standard InChI is InChI=1S/C18H28N4O4S/c19-27(24,25)15-3-4-17(22-8-10-26-11-9-22)16(12-15)18(23)21-7-5-14-2-1-6-20-13-14/h3-4,12,14,20H,1-2,5-11,13H2,(H,21,23)(H2,19,24,25). The van der Waals surface area contributed by atoms with Crippen molar-refractivity contribution in [1.82, 2.24) is 10.6 Å². The molecule has 2 aliphatic heterocycles. The normalized spacial score (nSPS) is 21.1. The molecule has 4 N–H and O–H groups in total. The maximum absolute atomic E-state index is 12.8. The van der Waals surface area contributed by atoms with Gasteiger partial charge in [0, 0.05) is 25.3 Å². The lowest BCUT2D eigenvalue weighted by Crippen LogP contribution is -2.38. The molecule has 3 rings (SSSR count). The van der Waals surface area contributed by atoms with E-state index < -0.39 is 10.0 Å². The summed E-state index contributed by atoms with van der Waals surface area (Å²) in [6.07, 6.45) is 3.24. The van der Waals surface area contributed by atoms with Crippen molar-refractivity contribution in [1.29, 1.82) is 0 Å². The van der Waals surface area contributed by atoms with E-state index in [1.807, 2.05) is 4.90 Å². The minimum absolute atomic E-state index is 0.0545. The van der Waals surface area contributed by atoms with Gasteiger partial charge in [-0.1, -0.05) is 0 Å². The second kappa shape index (κ2) is 9.01. The quantitative estimate of drug-likeness (QED) is 0.637. The Bertz CT molecular complexity index is 757. The van der Waals surface area contributed by atoms with Crippen LogP contribution in [0.4, 0.5) is 5.69 Å². The van der Waals surface area contributed by atoms with E-state index in [0.29, 0.717) is 50.0 Å². The number of carbonyl (C=O) groups is 1. The van der Waals surface area contributed by atoms with Crippen LogP contribution in [0.25, 0.3) is 0 Å². The molecule has 27 heavy (non-hydrogen) atoms. The Labute approximate surface area is 160 Å². The molecule has 1 unspecified atom stereocenters. The summed E-state index contributed by atoms with van der Waals surface area (Å²) in [6.45, 7) is 5.07. The van der Waals surface area contributed by atoms with Crippen molar-refractivity contribution in [2.45, 2.75) is 24.2 Å². The molecule has 2 fully saturated rings. The summed E-state index contributed by atoms with van der Waals surface area (Å²) in [4.78, 5) is 14.8. The number of hydrogen-bond donors (Lipinski definition) is 3. The molecule has 150 valence electrons. The van der Waals surface area contributed by atoms with Crippen molar-refractivity contribution in [2.24, 2.45) is 11.1 Å². The molecule has 2 aliphatic rings. The molecule has 0 bridgehead atoms. The van der Waals surface area contributed by atoms with Crippen molar-refractivity contribution in [3.05, 3.63) is 23.8 Å². The van der Waals surface area contributed by atoms with Crippen LogP contribution in [0.2, 0.25) is 0 Å². The molecule has 1 amide bonds. The molecule has 0 aromatic heterocycles. The Morgan fingerprint density at radius 1 is 1.33 bits per heavy atom. The second-order valence-electron chi connectivity index (χ2n) is 7.08. The van der Waals surface area contributed by atoms with Crippen molar-refractivity contribution in [2.75, 3.05) is 50.8 Å². The van der Waals surface area contributed by atoms with Crippen molar-refractivity contribution >= 4 is 21.6 Å². The smallest absolute Gasteiger partial charge is 0.253 e. The minimum Gasteiger partial charge on any atom is -0.378 e. The number of nitrogens with one attached hydrogen (secondary N) is 2. The first-order valence-electron chi connectivity index (χ1n) is 9.43. The SMILES string of the molecule is NS(=O)(=O)c1ccc(N2CCOCC2)c(C(=O)NCCC2CCCNC2)c1. The van der Waals surface area contributed by atoms with E-state index in [2.05, 4.69) is 10.6 Å². The third-order valence-corrected chi connectivity index (χ3v) is 6.04. The number of benzene rings is 1. The first-order valence-corrected chi connectivity index (χ1v) is 11.0. The highest BCUT2D eigenvalue weighted by molar-refractivity contribution is 7.89. The van der Waals surface area contributed by atoms with E-state index >= 15 is 0 Å². The zero-order chi connectivity index (χ0) is 19.3. The summed E-state index contributed by atoms with van der Waals surface area (Å²) >= 11 is 0. The average molecular weight is 397 g/mol. The number of nitrogens with zero attached hydrogens (tertiary/aromatic N) is 1. The van der Waals surface area contributed by atoms with Gasteiger partial charge in [-0.25, -0.2) is 13.6 Å². The monoisotopic (exact) mass is 396 g/mol. The van der Waals surface area contributed by atoms with Crippen molar-refractivity contribution in [3.8, 4) is 0 Å². The number of anilines is 1. The third kappa shape index (κ3) is 5.41. The van der Waals surface area contributed by atoms with Crippen LogP contribution in [0.15, 0.2) is 23.1 Å². The summed E-state index contributed by atoms with van der Waals surface area (Å²) in [5, 5.41) is 11.6. The molecule has 0 saturated carbocycles. The lowest BCUT2D eigenvalue weighted by atomic mass is 9.96. The Morgan fingerprint density at radius 3 is 2.78 bits per heavy atom. The zero-order valence-corrected chi connectivity index (χ0v) is 16.3. The van der Waals surface area contributed by atoms with Gasteiger partial charge in [0.1, 0.15) is 0 Å². The van der Waals surface area contributed by atoms with E-state index in [-0.39, 0.29) is 10.8 Å². The summed E-state index contributed by atoms with van der Waals surface area (Å²) in [5.74, 6) is 0.291. The molecule has 0 radical (unpaired) electrons. The Kier molecular flexibility index (Phi) is 6.69. The first-order chi connectivity index (χ1) is 12.9. The van der Waals surface area contributed by atoms with Crippen LogP contribution in [0.5, 0.6) is 0 Å². The molecular weight excluding hydrogens is 368 g/mol. The maximum atomic E-state index is 12.8. The Hall–Kier alpha value is -1.68. The topological polar surface area (TPSA) is 114 Å². The first kappa shape index (κ1) is 20.1. The molecule has 1 aromatic carbocycles. The number of primary sulfonamides is 1. The van der Waals surface area contributed by atoms with Crippen molar-refractivity contribution < 1.29 is 17.9 Å². The Morgan fingerprint density at radius 2 is 2.11 bits per heavy atom. The van der Waals surface area contributed by atoms with Crippen LogP contribution in [-0.2, 0) is 14.8 Å². The van der Waals surface area contributed by atoms with Gasteiger partial charge >= 0.3 is 0 Å². The van der Waals surface area contributed by atoms with Crippen LogP contribution in [-0.4, -0.2) is 60.3 Å². The Balaban J connectivity index is 1.74. The van der Waals surface area contributed by atoms with Crippen LogP contribution in [0, 0.1) is 5.92 Å². The molecule has 0 spiro atoms. The van der Waals surface area contributed by atoms with Gasteiger partial charge in [-0.15, -0.1) is 0 Å². The van der Waals surface area contributed by atoms with Crippen LogP contribution < -0.4 is 20.7 Å². The third-order valence-electron chi connectivity index (χ3n) is 5.13. The highest BCUT2D eigenvalue weighted by Gasteiger charge is 2.22. The summed E-state index contributed by atoms with van der Waals surface area (Å²) in [6, 6.07) is 4.48. The molecule has 2 saturated heterocycles. The minimum atomic E-state index is -3.88. The van der Waals surface area contributed by atoms with Gasteiger partial charge in [0.15, 0.2) is 0 Å². The van der Waals surface area contributed by atoms with Crippen LogP contribution >= 0.6 is 0 Å². The number of amides is 1. The molecule has 1 aromatic rings.